The van der Waals surface area contributed by atoms with Crippen LogP contribution in [0.2, 0.25) is 0 Å². The Morgan fingerprint density at radius 2 is 1.08 bits per heavy atom. The van der Waals surface area contributed by atoms with E-state index in [1.807, 2.05) is 12.2 Å². The minimum atomic E-state index is -4.79. The molecular formula is C43H69O9P. The summed E-state index contributed by atoms with van der Waals surface area (Å²) in [4.78, 5) is 42.9. The molecule has 1 rings (SSSR count). The number of epoxide rings is 1. The third-order valence-corrected chi connectivity index (χ3v) is 8.80. The van der Waals surface area contributed by atoms with Gasteiger partial charge in [-0.05, 0) is 89.9 Å². The van der Waals surface area contributed by atoms with Gasteiger partial charge in [-0.15, -0.1) is 0 Å². The Hall–Kier alpha value is -2.81. The molecule has 0 amide bonds. The molecule has 1 fully saturated rings. The SMILES string of the molecule is CCCCC/C=C\C/C=C\C/C=C\C/C=C\CCCC(=O)O[C@H](COC(=O)CCCC1OC1C/C=C\C/C=C\C/C=C\CCCCC)COP(=O)(O)O. The number of hydrogen-bond donors (Lipinski definition) is 2. The lowest BCUT2D eigenvalue weighted by molar-refractivity contribution is -0.161. The van der Waals surface area contributed by atoms with Gasteiger partial charge in [-0.25, -0.2) is 4.57 Å². The van der Waals surface area contributed by atoms with Crippen LogP contribution >= 0.6 is 7.82 Å². The number of carbonyl (C=O) groups is 2. The van der Waals surface area contributed by atoms with E-state index in [-0.39, 0.29) is 31.7 Å². The zero-order valence-corrected chi connectivity index (χ0v) is 33.5. The van der Waals surface area contributed by atoms with E-state index in [2.05, 4.69) is 91.3 Å². The molecule has 10 heteroatoms. The second-order valence-electron chi connectivity index (χ2n) is 13.3. The molecule has 0 radical (unpaired) electrons. The molecule has 9 nitrogen and oxygen atoms in total. The average molecular weight is 761 g/mol. The molecule has 2 N–H and O–H groups in total. The topological polar surface area (TPSA) is 132 Å². The van der Waals surface area contributed by atoms with Crippen LogP contribution in [0.5, 0.6) is 0 Å². The van der Waals surface area contributed by atoms with Crippen LogP contribution in [-0.4, -0.2) is 53.3 Å². The van der Waals surface area contributed by atoms with Crippen LogP contribution < -0.4 is 0 Å². The molecule has 1 saturated heterocycles. The molecule has 0 saturated carbocycles. The lowest BCUT2D eigenvalue weighted by atomic mass is 10.1. The maximum Gasteiger partial charge on any atom is 0.469 e. The monoisotopic (exact) mass is 760 g/mol. The molecule has 0 aromatic rings. The highest BCUT2D eigenvalue weighted by molar-refractivity contribution is 7.46. The van der Waals surface area contributed by atoms with E-state index in [4.69, 9.17) is 24.0 Å². The number of unbranched alkanes of at least 4 members (excludes halogenated alkanes) is 7. The van der Waals surface area contributed by atoms with Crippen LogP contribution in [-0.2, 0) is 32.9 Å². The summed E-state index contributed by atoms with van der Waals surface area (Å²) < 4.78 is 32.0. The molecule has 0 aromatic heterocycles. The first-order valence-electron chi connectivity index (χ1n) is 20.0. The third kappa shape index (κ3) is 33.5. The van der Waals surface area contributed by atoms with E-state index in [1.165, 1.54) is 38.5 Å². The average Bonchev–Trinajstić information content (AvgIpc) is 3.88. The number of phosphoric acid groups is 1. The number of rotatable bonds is 34. The Morgan fingerprint density at radius 3 is 1.58 bits per heavy atom. The van der Waals surface area contributed by atoms with Gasteiger partial charge in [-0.1, -0.05) is 125 Å². The van der Waals surface area contributed by atoms with Gasteiger partial charge in [0.05, 0.1) is 18.8 Å². The van der Waals surface area contributed by atoms with Gasteiger partial charge in [-0.3, -0.25) is 14.1 Å². The zero-order valence-electron chi connectivity index (χ0n) is 32.6. The highest BCUT2D eigenvalue weighted by Crippen LogP contribution is 2.36. The number of hydrogen-bond acceptors (Lipinski definition) is 7. The van der Waals surface area contributed by atoms with Gasteiger partial charge in [0.2, 0.25) is 0 Å². The van der Waals surface area contributed by atoms with E-state index in [9.17, 15) is 14.2 Å². The number of carbonyl (C=O) groups excluding carboxylic acids is 2. The standard InChI is InChI=1S/C43H69O9P/c1-3-5-7-9-11-13-15-17-18-19-20-21-23-25-27-29-31-35-43(45)51-39(38-50-53(46,47)48)37-49-42(44)36-32-34-41-40(52-41)33-30-28-26-24-22-16-14-12-10-8-6-4-2/h11-14,17-18,20-22,24-25,27-28,30,39-41H,3-10,15-16,19,23,26,29,31-38H2,1-2H3,(H2,46,47,48)/b13-11-,14-12-,18-17-,21-20-,24-22-,27-25-,30-28-/t39-,40?,41?/m1/s1. The summed E-state index contributed by atoms with van der Waals surface area (Å²) in [6.45, 7) is 3.50. The highest BCUT2D eigenvalue weighted by Gasteiger charge is 2.36. The minimum absolute atomic E-state index is 0.115. The fraction of sp³-hybridized carbons (Fsp3) is 0.628. The second-order valence-corrected chi connectivity index (χ2v) is 14.5. The zero-order chi connectivity index (χ0) is 38.7. The summed E-state index contributed by atoms with van der Waals surface area (Å²) in [5.74, 6) is -1.04. The van der Waals surface area contributed by atoms with Gasteiger partial charge in [0.25, 0.3) is 0 Å². The smallest absolute Gasteiger partial charge is 0.462 e. The summed E-state index contributed by atoms with van der Waals surface area (Å²) >= 11 is 0. The Bertz CT molecular complexity index is 1190. The first kappa shape index (κ1) is 48.2. The van der Waals surface area contributed by atoms with E-state index < -0.39 is 32.5 Å². The van der Waals surface area contributed by atoms with Crippen molar-refractivity contribution in [3.63, 3.8) is 0 Å². The molecule has 300 valence electrons. The molecule has 2 unspecified atom stereocenters. The van der Waals surface area contributed by atoms with Gasteiger partial charge in [0, 0.05) is 12.8 Å². The lowest BCUT2D eigenvalue weighted by Crippen LogP contribution is -2.29. The number of esters is 2. The van der Waals surface area contributed by atoms with Crippen molar-refractivity contribution in [3.05, 3.63) is 85.1 Å². The summed E-state index contributed by atoms with van der Waals surface area (Å²) in [5.41, 5.74) is 0. The maximum atomic E-state index is 12.4. The van der Waals surface area contributed by atoms with Crippen molar-refractivity contribution in [2.24, 2.45) is 0 Å². The van der Waals surface area contributed by atoms with Crippen molar-refractivity contribution in [2.75, 3.05) is 13.2 Å². The van der Waals surface area contributed by atoms with Gasteiger partial charge in [0.1, 0.15) is 6.61 Å². The number of ether oxygens (including phenoxy) is 3. The highest BCUT2D eigenvalue weighted by atomic mass is 31.2. The van der Waals surface area contributed by atoms with E-state index >= 15 is 0 Å². The maximum absolute atomic E-state index is 12.4. The van der Waals surface area contributed by atoms with E-state index in [0.29, 0.717) is 19.3 Å². The summed E-state index contributed by atoms with van der Waals surface area (Å²) in [6, 6.07) is 0. The van der Waals surface area contributed by atoms with Gasteiger partial charge in [-0.2, -0.15) is 0 Å². The summed E-state index contributed by atoms with van der Waals surface area (Å²) in [7, 11) is -4.79. The molecule has 0 bridgehead atoms. The van der Waals surface area contributed by atoms with Crippen LogP contribution in [0, 0.1) is 0 Å². The van der Waals surface area contributed by atoms with Crippen molar-refractivity contribution >= 4 is 19.8 Å². The summed E-state index contributed by atoms with van der Waals surface area (Å²) in [6.07, 6.45) is 47.6. The molecule has 3 atom stereocenters. The van der Waals surface area contributed by atoms with Crippen molar-refractivity contribution in [2.45, 2.75) is 161 Å². The van der Waals surface area contributed by atoms with Crippen LogP contribution in [0.1, 0.15) is 142 Å². The first-order chi connectivity index (χ1) is 25.7. The first-order valence-corrected chi connectivity index (χ1v) is 21.5. The third-order valence-electron chi connectivity index (χ3n) is 8.31. The van der Waals surface area contributed by atoms with Crippen LogP contribution in [0.4, 0.5) is 0 Å². The molecule has 1 heterocycles. The number of allylic oxidation sites excluding steroid dienone is 13. The van der Waals surface area contributed by atoms with Crippen molar-refractivity contribution in [3.8, 4) is 0 Å². The van der Waals surface area contributed by atoms with E-state index in [1.54, 1.807) is 0 Å². The Kier molecular flexibility index (Phi) is 30.7. The van der Waals surface area contributed by atoms with Gasteiger partial charge < -0.3 is 24.0 Å². The van der Waals surface area contributed by atoms with Crippen LogP contribution in [0.25, 0.3) is 0 Å². The molecule has 0 spiro atoms. The molecular weight excluding hydrogens is 691 g/mol. The quantitative estimate of drug-likeness (QED) is 0.0216. The Labute approximate surface area is 320 Å². The van der Waals surface area contributed by atoms with Crippen LogP contribution in [0.3, 0.4) is 0 Å². The lowest BCUT2D eigenvalue weighted by Gasteiger charge is -2.18. The summed E-state index contributed by atoms with van der Waals surface area (Å²) in [5, 5.41) is 0. The largest absolute Gasteiger partial charge is 0.469 e. The van der Waals surface area contributed by atoms with Gasteiger partial charge in [0.15, 0.2) is 6.10 Å². The minimum Gasteiger partial charge on any atom is -0.462 e. The molecule has 1 aliphatic rings. The van der Waals surface area contributed by atoms with Crippen LogP contribution in [0.15, 0.2) is 85.1 Å². The predicted molar refractivity (Wildman–Crippen MR) is 215 cm³/mol. The van der Waals surface area contributed by atoms with E-state index in [0.717, 1.165) is 57.8 Å². The number of phosphoric ester groups is 1. The second kappa shape index (κ2) is 33.7. The molecule has 0 aliphatic carbocycles. The fourth-order valence-corrected chi connectivity index (χ4v) is 5.58. The predicted octanol–water partition coefficient (Wildman–Crippen LogP) is 11.1. The normalized spacial score (nSPS) is 17.2. The molecule has 1 aliphatic heterocycles. The van der Waals surface area contributed by atoms with Gasteiger partial charge >= 0.3 is 19.8 Å². The van der Waals surface area contributed by atoms with Crippen molar-refractivity contribution in [1.29, 1.82) is 0 Å². The van der Waals surface area contributed by atoms with Crippen molar-refractivity contribution < 1.29 is 42.7 Å². The fourth-order valence-electron chi connectivity index (χ4n) is 5.21. The Balaban J connectivity index is 2.19. The van der Waals surface area contributed by atoms with Crippen molar-refractivity contribution in [1.82, 2.24) is 0 Å². The Morgan fingerprint density at radius 1 is 0.604 bits per heavy atom. The molecule has 0 aromatic carbocycles. The molecule has 53 heavy (non-hydrogen) atoms.